The number of thiazole rings is 1. The van der Waals surface area contributed by atoms with Gasteiger partial charge in [-0.15, -0.1) is 11.3 Å². The fourth-order valence-corrected chi connectivity index (χ4v) is 1.96. The Morgan fingerprint density at radius 2 is 2.25 bits per heavy atom. The zero-order valence-corrected chi connectivity index (χ0v) is 9.91. The van der Waals surface area contributed by atoms with Gasteiger partial charge >= 0.3 is 0 Å². The molecule has 0 bridgehead atoms. The van der Waals surface area contributed by atoms with Gasteiger partial charge in [-0.25, -0.2) is 0 Å². The van der Waals surface area contributed by atoms with Crippen LogP contribution in [0.1, 0.15) is 23.4 Å². The third-order valence-electron chi connectivity index (χ3n) is 2.26. The molecule has 0 spiro atoms. The van der Waals surface area contributed by atoms with E-state index >= 15 is 0 Å². The van der Waals surface area contributed by atoms with Crippen LogP contribution in [-0.2, 0) is 6.61 Å². The summed E-state index contributed by atoms with van der Waals surface area (Å²) >= 11 is 1.59. The van der Waals surface area contributed by atoms with Crippen LogP contribution in [0.4, 0.5) is 0 Å². The molecule has 3 nitrogen and oxygen atoms in total. The maximum absolute atomic E-state index is 5.87. The van der Waals surface area contributed by atoms with Crippen molar-refractivity contribution < 1.29 is 4.74 Å². The lowest BCUT2D eigenvalue weighted by Gasteiger charge is -2.12. The van der Waals surface area contributed by atoms with Gasteiger partial charge in [-0.2, -0.15) is 0 Å². The van der Waals surface area contributed by atoms with Crippen molar-refractivity contribution in [2.45, 2.75) is 19.6 Å². The summed E-state index contributed by atoms with van der Waals surface area (Å²) in [7, 11) is 0. The van der Waals surface area contributed by atoms with Crippen molar-refractivity contribution in [1.82, 2.24) is 4.98 Å². The highest BCUT2D eigenvalue weighted by Crippen LogP contribution is 2.24. The molecule has 0 aliphatic carbocycles. The van der Waals surface area contributed by atoms with Crippen LogP contribution >= 0.6 is 11.3 Å². The SMILES string of the molecule is C[C@@H](N)c1ccccc1OCc1cncs1. The molecule has 0 unspecified atom stereocenters. The average Bonchev–Trinajstić information content (AvgIpc) is 2.79. The molecule has 4 heteroatoms. The van der Waals surface area contributed by atoms with E-state index in [4.69, 9.17) is 10.5 Å². The minimum Gasteiger partial charge on any atom is -0.488 e. The van der Waals surface area contributed by atoms with E-state index in [-0.39, 0.29) is 6.04 Å². The van der Waals surface area contributed by atoms with Gasteiger partial charge in [0.15, 0.2) is 0 Å². The van der Waals surface area contributed by atoms with Gasteiger partial charge < -0.3 is 10.5 Å². The number of rotatable bonds is 4. The molecule has 1 heterocycles. The summed E-state index contributed by atoms with van der Waals surface area (Å²) in [5.74, 6) is 0.853. The molecule has 0 amide bonds. The Morgan fingerprint density at radius 1 is 1.44 bits per heavy atom. The second kappa shape index (κ2) is 5.09. The predicted octanol–water partition coefficient (Wildman–Crippen LogP) is 2.74. The highest BCUT2D eigenvalue weighted by atomic mass is 32.1. The molecular weight excluding hydrogens is 220 g/mol. The third kappa shape index (κ3) is 2.59. The molecule has 1 aromatic carbocycles. The lowest BCUT2D eigenvalue weighted by Crippen LogP contribution is -2.07. The molecule has 84 valence electrons. The average molecular weight is 234 g/mol. The predicted molar refractivity (Wildman–Crippen MR) is 65.5 cm³/mol. The monoisotopic (exact) mass is 234 g/mol. The first-order valence-electron chi connectivity index (χ1n) is 5.12. The normalized spacial score (nSPS) is 12.4. The van der Waals surface area contributed by atoms with E-state index < -0.39 is 0 Å². The third-order valence-corrected chi connectivity index (χ3v) is 3.02. The molecule has 0 aliphatic rings. The molecule has 0 aliphatic heterocycles. The van der Waals surface area contributed by atoms with Crippen molar-refractivity contribution in [2.24, 2.45) is 5.73 Å². The topological polar surface area (TPSA) is 48.1 Å². The van der Waals surface area contributed by atoms with E-state index in [0.29, 0.717) is 6.61 Å². The van der Waals surface area contributed by atoms with Gasteiger partial charge in [0.2, 0.25) is 0 Å². The highest BCUT2D eigenvalue weighted by Gasteiger charge is 2.07. The lowest BCUT2D eigenvalue weighted by molar-refractivity contribution is 0.305. The number of hydrogen-bond donors (Lipinski definition) is 1. The standard InChI is InChI=1S/C12H14N2OS/c1-9(13)11-4-2-3-5-12(11)15-7-10-6-14-8-16-10/h2-6,8-9H,7,13H2,1H3/t9-/m1/s1. The first-order chi connectivity index (χ1) is 7.77. The largest absolute Gasteiger partial charge is 0.488 e. The maximum Gasteiger partial charge on any atom is 0.124 e. The molecule has 0 saturated heterocycles. The highest BCUT2D eigenvalue weighted by molar-refractivity contribution is 7.09. The molecule has 1 aromatic heterocycles. The fraction of sp³-hybridized carbons (Fsp3) is 0.250. The number of para-hydroxylation sites is 1. The van der Waals surface area contributed by atoms with Crippen molar-refractivity contribution in [1.29, 1.82) is 0 Å². The van der Waals surface area contributed by atoms with Crippen LogP contribution in [0, 0.1) is 0 Å². The van der Waals surface area contributed by atoms with Crippen molar-refractivity contribution in [2.75, 3.05) is 0 Å². The van der Waals surface area contributed by atoms with Gasteiger partial charge in [0.25, 0.3) is 0 Å². The quantitative estimate of drug-likeness (QED) is 0.884. The lowest BCUT2D eigenvalue weighted by atomic mass is 10.1. The number of aromatic nitrogens is 1. The molecule has 2 rings (SSSR count). The molecular formula is C12H14N2OS. The summed E-state index contributed by atoms with van der Waals surface area (Å²) in [6, 6.07) is 7.84. The van der Waals surface area contributed by atoms with Crippen LogP contribution in [0.15, 0.2) is 36.0 Å². The number of nitrogens with two attached hydrogens (primary N) is 1. The first-order valence-corrected chi connectivity index (χ1v) is 6.00. The van der Waals surface area contributed by atoms with Crippen LogP contribution in [-0.4, -0.2) is 4.98 Å². The Bertz CT molecular complexity index is 440. The minimum atomic E-state index is -0.0161. The second-order valence-electron chi connectivity index (χ2n) is 3.58. The van der Waals surface area contributed by atoms with Crippen LogP contribution in [0.25, 0.3) is 0 Å². The van der Waals surface area contributed by atoms with Crippen LogP contribution in [0.3, 0.4) is 0 Å². The zero-order chi connectivity index (χ0) is 11.4. The number of hydrogen-bond acceptors (Lipinski definition) is 4. The van der Waals surface area contributed by atoms with Crippen molar-refractivity contribution in [3.8, 4) is 5.75 Å². The Morgan fingerprint density at radius 3 is 2.94 bits per heavy atom. The Kier molecular flexibility index (Phi) is 3.54. The molecule has 0 saturated carbocycles. The second-order valence-corrected chi connectivity index (χ2v) is 4.55. The van der Waals surface area contributed by atoms with Crippen LogP contribution < -0.4 is 10.5 Å². The zero-order valence-electron chi connectivity index (χ0n) is 9.09. The Balaban J connectivity index is 2.09. The molecule has 1 atom stereocenters. The van der Waals surface area contributed by atoms with E-state index in [1.165, 1.54) is 0 Å². The molecule has 2 aromatic rings. The van der Waals surface area contributed by atoms with E-state index in [0.717, 1.165) is 16.2 Å². The molecule has 16 heavy (non-hydrogen) atoms. The summed E-state index contributed by atoms with van der Waals surface area (Å²) in [6.45, 7) is 2.50. The fourth-order valence-electron chi connectivity index (χ4n) is 1.45. The van der Waals surface area contributed by atoms with Gasteiger partial charge in [-0.05, 0) is 13.0 Å². The minimum absolute atomic E-state index is 0.0161. The number of ether oxygens (including phenoxy) is 1. The van der Waals surface area contributed by atoms with Crippen molar-refractivity contribution >= 4 is 11.3 Å². The van der Waals surface area contributed by atoms with Gasteiger partial charge in [0, 0.05) is 17.8 Å². The summed E-state index contributed by atoms with van der Waals surface area (Å²) in [5.41, 5.74) is 8.71. The van der Waals surface area contributed by atoms with Crippen LogP contribution in [0.2, 0.25) is 0 Å². The molecule has 2 N–H and O–H groups in total. The smallest absolute Gasteiger partial charge is 0.124 e. The maximum atomic E-state index is 5.87. The Hall–Kier alpha value is -1.39. The molecule has 0 radical (unpaired) electrons. The van der Waals surface area contributed by atoms with E-state index in [1.54, 1.807) is 16.8 Å². The Labute approximate surface area is 98.9 Å². The van der Waals surface area contributed by atoms with Crippen molar-refractivity contribution in [3.05, 3.63) is 46.4 Å². The van der Waals surface area contributed by atoms with Gasteiger partial charge in [-0.1, -0.05) is 18.2 Å². The van der Waals surface area contributed by atoms with E-state index in [2.05, 4.69) is 4.98 Å². The number of benzene rings is 1. The van der Waals surface area contributed by atoms with Crippen molar-refractivity contribution in [3.63, 3.8) is 0 Å². The molecule has 0 fully saturated rings. The number of nitrogens with zero attached hydrogens (tertiary/aromatic N) is 1. The van der Waals surface area contributed by atoms with Crippen LogP contribution in [0.5, 0.6) is 5.75 Å². The van der Waals surface area contributed by atoms with Gasteiger partial charge in [0.1, 0.15) is 12.4 Å². The summed E-state index contributed by atoms with van der Waals surface area (Å²) < 4.78 is 5.73. The van der Waals surface area contributed by atoms with Gasteiger partial charge in [-0.3, -0.25) is 4.98 Å². The van der Waals surface area contributed by atoms with Gasteiger partial charge in [0.05, 0.1) is 10.4 Å². The van der Waals surface area contributed by atoms with E-state index in [9.17, 15) is 0 Å². The first kappa shape index (κ1) is 11.1. The summed E-state index contributed by atoms with van der Waals surface area (Å²) in [4.78, 5) is 5.12. The van der Waals surface area contributed by atoms with E-state index in [1.807, 2.05) is 37.4 Å². The summed E-state index contributed by atoms with van der Waals surface area (Å²) in [6.07, 6.45) is 1.82. The summed E-state index contributed by atoms with van der Waals surface area (Å²) in [5, 5.41) is 0.